The predicted molar refractivity (Wildman–Crippen MR) is 74.2 cm³/mol. The summed E-state index contributed by atoms with van der Waals surface area (Å²) >= 11 is 0. The molecule has 4 atom stereocenters. The van der Waals surface area contributed by atoms with Gasteiger partial charge in [-0.2, -0.15) is 0 Å². The van der Waals surface area contributed by atoms with E-state index in [1.54, 1.807) is 5.32 Å². The summed E-state index contributed by atoms with van der Waals surface area (Å²) in [7, 11) is 1.01. The van der Waals surface area contributed by atoms with Gasteiger partial charge in [-0.3, -0.25) is 24.5 Å². The average molecular weight is 345 g/mol. The zero-order chi connectivity index (χ0) is 18.0. The van der Waals surface area contributed by atoms with E-state index in [-0.39, 0.29) is 0 Å². The number of nitrogens with one attached hydrogen (secondary N) is 2. The number of carbonyl (C=O) groups excluding carboxylic acids is 2. The van der Waals surface area contributed by atoms with Crippen LogP contribution in [0.5, 0.6) is 0 Å². The van der Waals surface area contributed by atoms with Gasteiger partial charge in [0.2, 0.25) is 0 Å². The molecule has 132 valence electrons. The van der Waals surface area contributed by atoms with Crippen molar-refractivity contribution in [3.05, 3.63) is 32.6 Å². The molecule has 1 aliphatic rings. The molecule has 1 saturated heterocycles. The molecule has 0 spiro atoms. The first-order chi connectivity index (χ1) is 11.3. The molecule has 0 aromatic carbocycles. The zero-order valence-electron chi connectivity index (χ0n) is 12.3. The Morgan fingerprint density at radius 3 is 2.58 bits per heavy atom. The molecule has 12 heteroatoms. The van der Waals surface area contributed by atoms with Crippen LogP contribution in [-0.4, -0.2) is 68.9 Å². The number of hydrogen-bond donors (Lipinski definition) is 5. The molecule has 1 aromatic heterocycles. The summed E-state index contributed by atoms with van der Waals surface area (Å²) in [6, 6.07) is 0. The van der Waals surface area contributed by atoms with Crippen LogP contribution in [0.3, 0.4) is 0 Å². The topological polar surface area (TPSA) is 180 Å². The fourth-order valence-corrected chi connectivity index (χ4v) is 2.16. The first-order valence-electron chi connectivity index (χ1n) is 6.67. The monoisotopic (exact) mass is 345 g/mol. The maximum atomic E-state index is 11.9. The van der Waals surface area contributed by atoms with Gasteiger partial charge < -0.3 is 24.8 Å². The fraction of sp³-hybridized carbons (Fsp3) is 0.500. The second-order valence-corrected chi connectivity index (χ2v) is 4.88. The lowest BCUT2D eigenvalue weighted by molar-refractivity contribution is -0.0551. The van der Waals surface area contributed by atoms with Crippen LogP contribution in [0.4, 0.5) is 4.79 Å². The Balaban J connectivity index is 2.40. The number of amides is 2. The number of imide groups is 1. The standard InChI is InChI=1S/C12H15N3O9/c1-23-12(22)14-9(20)4-2-15(11(21)13-8(4)19)10-7(18)6(17)5(3-16)24-10/h2,5-7,10,16-18H,3H2,1H3,(H,13,19,21)(H,14,20,22)/t5-,6+,7+,10-/m0/s1. The molecule has 2 amide bonds. The number of rotatable bonds is 3. The summed E-state index contributed by atoms with van der Waals surface area (Å²) < 4.78 is 10.0. The van der Waals surface area contributed by atoms with Gasteiger partial charge in [0.1, 0.15) is 23.9 Å². The molecule has 0 saturated carbocycles. The third-order valence-electron chi connectivity index (χ3n) is 3.40. The molecule has 0 unspecified atom stereocenters. The highest BCUT2D eigenvalue weighted by molar-refractivity contribution is 6.02. The van der Waals surface area contributed by atoms with Gasteiger partial charge in [-0.15, -0.1) is 0 Å². The smallest absolute Gasteiger partial charge is 0.413 e. The number of aliphatic hydroxyl groups is 3. The van der Waals surface area contributed by atoms with Crippen LogP contribution in [0.15, 0.2) is 15.8 Å². The van der Waals surface area contributed by atoms with E-state index in [0.717, 1.165) is 13.3 Å². The Bertz CT molecular complexity index is 755. The molecular formula is C12H15N3O9. The van der Waals surface area contributed by atoms with Crippen molar-refractivity contribution in [1.29, 1.82) is 0 Å². The van der Waals surface area contributed by atoms with Crippen molar-refractivity contribution in [2.75, 3.05) is 13.7 Å². The lowest BCUT2D eigenvalue weighted by Gasteiger charge is -2.17. The summed E-state index contributed by atoms with van der Waals surface area (Å²) in [6.45, 7) is -0.623. The molecular weight excluding hydrogens is 330 g/mol. The molecule has 1 aliphatic heterocycles. The Labute approximate surface area is 133 Å². The van der Waals surface area contributed by atoms with Crippen LogP contribution in [0.1, 0.15) is 16.6 Å². The van der Waals surface area contributed by atoms with E-state index < -0.39 is 60.0 Å². The van der Waals surface area contributed by atoms with Crippen molar-refractivity contribution in [1.82, 2.24) is 14.9 Å². The first-order valence-corrected chi connectivity index (χ1v) is 6.67. The summed E-state index contributed by atoms with van der Waals surface area (Å²) in [6.07, 6.45) is -6.04. The Morgan fingerprint density at radius 1 is 1.38 bits per heavy atom. The predicted octanol–water partition coefficient (Wildman–Crippen LogP) is -3.36. The number of aliphatic hydroxyl groups excluding tert-OH is 3. The number of aromatic amines is 1. The van der Waals surface area contributed by atoms with E-state index in [2.05, 4.69) is 4.74 Å². The van der Waals surface area contributed by atoms with Gasteiger partial charge in [-0.1, -0.05) is 0 Å². The van der Waals surface area contributed by atoms with Crippen LogP contribution in [0.2, 0.25) is 0 Å². The molecule has 12 nitrogen and oxygen atoms in total. The first kappa shape index (κ1) is 17.8. The SMILES string of the molecule is COC(=O)NC(=O)c1cn([C@H]2O[C@@H](CO)[C@@H](O)[C@H]2O)c(=O)[nH]c1=O. The number of H-pyrrole nitrogens is 1. The number of nitrogens with zero attached hydrogens (tertiary/aromatic N) is 1. The van der Waals surface area contributed by atoms with Crippen LogP contribution >= 0.6 is 0 Å². The van der Waals surface area contributed by atoms with Crippen LogP contribution in [0, 0.1) is 0 Å². The van der Waals surface area contributed by atoms with Gasteiger partial charge in [0, 0.05) is 6.20 Å². The molecule has 5 N–H and O–H groups in total. The van der Waals surface area contributed by atoms with Crippen molar-refractivity contribution in [3.63, 3.8) is 0 Å². The van der Waals surface area contributed by atoms with Crippen molar-refractivity contribution >= 4 is 12.0 Å². The molecule has 1 fully saturated rings. The van der Waals surface area contributed by atoms with Gasteiger partial charge in [0.15, 0.2) is 6.23 Å². The lowest BCUT2D eigenvalue weighted by atomic mass is 10.1. The van der Waals surface area contributed by atoms with E-state index >= 15 is 0 Å². The largest absolute Gasteiger partial charge is 0.453 e. The third-order valence-corrected chi connectivity index (χ3v) is 3.40. The van der Waals surface area contributed by atoms with Gasteiger partial charge in [0.25, 0.3) is 11.5 Å². The summed E-state index contributed by atoms with van der Waals surface area (Å²) in [5.74, 6) is -1.15. The number of ether oxygens (including phenoxy) is 2. The number of alkyl carbamates (subject to hydrolysis) is 1. The van der Waals surface area contributed by atoms with Gasteiger partial charge in [-0.05, 0) is 0 Å². The van der Waals surface area contributed by atoms with E-state index in [1.807, 2.05) is 4.98 Å². The Hall–Kier alpha value is -2.54. The van der Waals surface area contributed by atoms with Crippen molar-refractivity contribution in [3.8, 4) is 0 Å². The molecule has 0 aliphatic carbocycles. The van der Waals surface area contributed by atoms with Crippen LogP contribution < -0.4 is 16.6 Å². The molecule has 24 heavy (non-hydrogen) atoms. The Kier molecular flexibility index (Phi) is 5.14. The third kappa shape index (κ3) is 3.21. The summed E-state index contributed by atoms with van der Waals surface area (Å²) in [5.41, 5.74) is -2.73. The number of hydrogen-bond acceptors (Lipinski definition) is 9. The molecule has 1 aromatic rings. The number of methoxy groups -OCH3 is 1. The quantitative estimate of drug-likeness (QED) is 0.374. The van der Waals surface area contributed by atoms with E-state index in [9.17, 15) is 29.4 Å². The van der Waals surface area contributed by atoms with Crippen molar-refractivity contribution in [2.45, 2.75) is 24.5 Å². The number of carbonyl (C=O) groups is 2. The van der Waals surface area contributed by atoms with Crippen molar-refractivity contribution < 1.29 is 34.4 Å². The highest BCUT2D eigenvalue weighted by atomic mass is 16.6. The van der Waals surface area contributed by atoms with Gasteiger partial charge in [-0.25, -0.2) is 9.59 Å². The lowest BCUT2D eigenvalue weighted by Crippen LogP contribution is -2.42. The second kappa shape index (κ2) is 6.92. The molecule has 2 heterocycles. The molecule has 0 radical (unpaired) electrons. The maximum Gasteiger partial charge on any atom is 0.413 e. The Morgan fingerprint density at radius 2 is 2.04 bits per heavy atom. The van der Waals surface area contributed by atoms with Crippen LogP contribution in [-0.2, 0) is 9.47 Å². The average Bonchev–Trinajstić information content (AvgIpc) is 2.82. The zero-order valence-corrected chi connectivity index (χ0v) is 12.3. The second-order valence-electron chi connectivity index (χ2n) is 4.88. The maximum absolute atomic E-state index is 11.9. The number of aromatic nitrogens is 2. The van der Waals surface area contributed by atoms with E-state index in [4.69, 9.17) is 9.84 Å². The minimum atomic E-state index is -1.60. The van der Waals surface area contributed by atoms with E-state index in [0.29, 0.717) is 4.57 Å². The fourth-order valence-electron chi connectivity index (χ4n) is 2.16. The summed E-state index contributed by atoms with van der Waals surface area (Å²) in [4.78, 5) is 48.3. The highest BCUT2D eigenvalue weighted by Gasteiger charge is 2.44. The molecule has 2 rings (SSSR count). The minimum absolute atomic E-state index is 0.623. The van der Waals surface area contributed by atoms with Crippen molar-refractivity contribution in [2.24, 2.45) is 0 Å². The highest BCUT2D eigenvalue weighted by Crippen LogP contribution is 2.27. The van der Waals surface area contributed by atoms with E-state index in [1.165, 1.54) is 0 Å². The minimum Gasteiger partial charge on any atom is -0.453 e. The van der Waals surface area contributed by atoms with Crippen LogP contribution in [0.25, 0.3) is 0 Å². The van der Waals surface area contributed by atoms with Gasteiger partial charge >= 0.3 is 11.8 Å². The normalized spacial score (nSPS) is 26.2. The summed E-state index contributed by atoms with van der Waals surface area (Å²) in [5, 5.41) is 30.4. The van der Waals surface area contributed by atoms with Gasteiger partial charge in [0.05, 0.1) is 13.7 Å². The molecule has 0 bridgehead atoms.